The average Bonchev–Trinajstić information content (AvgIpc) is 2.10. The van der Waals surface area contributed by atoms with Gasteiger partial charge in [-0.15, -0.1) is 6.58 Å². The van der Waals surface area contributed by atoms with Crippen molar-refractivity contribution in [2.24, 2.45) is 0 Å². The summed E-state index contributed by atoms with van der Waals surface area (Å²) in [4.78, 5) is 0.664. The van der Waals surface area contributed by atoms with Crippen LogP contribution in [0.3, 0.4) is 0 Å². The van der Waals surface area contributed by atoms with Crippen LogP contribution in [0.2, 0.25) is 0 Å². The fourth-order valence-electron chi connectivity index (χ4n) is 1.09. The topological polar surface area (TPSA) is 0 Å². The van der Waals surface area contributed by atoms with Crippen LogP contribution in [0.1, 0.15) is 38.5 Å². The van der Waals surface area contributed by atoms with E-state index in [1.54, 1.807) is 0 Å². The molecule has 0 aromatic rings. The molecule has 0 N–H and O–H groups in total. The van der Waals surface area contributed by atoms with Gasteiger partial charge >= 0.3 is 0 Å². The minimum atomic E-state index is 0.664. The van der Waals surface area contributed by atoms with Crippen molar-refractivity contribution in [3.05, 3.63) is 12.7 Å². The summed E-state index contributed by atoms with van der Waals surface area (Å²) < 4.78 is 0. The van der Waals surface area contributed by atoms with E-state index in [-0.39, 0.29) is 0 Å². The van der Waals surface area contributed by atoms with E-state index in [9.17, 15) is 0 Å². The van der Waals surface area contributed by atoms with Gasteiger partial charge in [-0.3, -0.25) is 0 Å². The Kier molecular flexibility index (Phi) is 10.4. The summed E-state index contributed by atoms with van der Waals surface area (Å²) in [5, 5.41) is 1.07. The second-order valence-corrected chi connectivity index (χ2v) is 4.97. The highest BCUT2D eigenvalue weighted by Crippen LogP contribution is 2.14. The third kappa shape index (κ3) is 8.79. The van der Waals surface area contributed by atoms with Crippen LogP contribution >= 0.6 is 31.9 Å². The fourth-order valence-corrected chi connectivity index (χ4v) is 1.73. The summed E-state index contributed by atoms with van der Waals surface area (Å²) in [5.41, 5.74) is 0. The second kappa shape index (κ2) is 9.79. The molecule has 1 unspecified atom stereocenters. The van der Waals surface area contributed by atoms with E-state index in [0.717, 1.165) is 5.33 Å². The number of alkyl halides is 2. The second-order valence-electron chi connectivity index (χ2n) is 3.03. The molecule has 0 saturated heterocycles. The summed E-state index contributed by atoms with van der Waals surface area (Å²) in [6, 6.07) is 0. The largest absolute Gasteiger partial charge is 0.103 e. The van der Waals surface area contributed by atoms with Crippen LogP contribution in [-0.2, 0) is 0 Å². The normalized spacial score (nSPS) is 12.8. The smallest absolute Gasteiger partial charge is 0.0242 e. The lowest BCUT2D eigenvalue weighted by Crippen LogP contribution is -1.97. The molecule has 0 saturated carbocycles. The predicted octanol–water partition coefficient (Wildman–Crippen LogP) is 4.67. The molecule has 0 aliphatic heterocycles. The quantitative estimate of drug-likeness (QED) is 0.347. The lowest BCUT2D eigenvalue weighted by atomic mass is 10.1. The minimum absolute atomic E-state index is 0.664. The van der Waals surface area contributed by atoms with Crippen LogP contribution < -0.4 is 0 Å². The van der Waals surface area contributed by atoms with Crippen LogP contribution in [-0.4, -0.2) is 10.2 Å². The molecule has 1 atom stereocenters. The van der Waals surface area contributed by atoms with Crippen molar-refractivity contribution in [1.29, 1.82) is 0 Å². The van der Waals surface area contributed by atoms with Gasteiger partial charge in [-0.25, -0.2) is 0 Å². The summed E-state index contributed by atoms with van der Waals surface area (Å²) >= 11 is 7.05. The van der Waals surface area contributed by atoms with Gasteiger partial charge in [0.1, 0.15) is 0 Å². The zero-order valence-corrected chi connectivity index (χ0v) is 10.7. The van der Waals surface area contributed by atoms with E-state index in [2.05, 4.69) is 38.4 Å². The molecule has 0 aliphatic carbocycles. The molecular weight excluding hydrogens is 280 g/mol. The Balaban J connectivity index is 2.95. The molecule has 0 aromatic carbocycles. The molecule has 0 heterocycles. The molecule has 0 amide bonds. The van der Waals surface area contributed by atoms with Crippen LogP contribution in [0.5, 0.6) is 0 Å². The Morgan fingerprint density at radius 2 is 1.83 bits per heavy atom. The van der Waals surface area contributed by atoms with Gasteiger partial charge in [-0.2, -0.15) is 0 Å². The first kappa shape index (κ1) is 12.7. The Labute approximate surface area is 93.1 Å². The number of unbranched alkanes of at least 4 members (excludes halogenated alkanes) is 4. The van der Waals surface area contributed by atoms with Gasteiger partial charge in [0.05, 0.1) is 0 Å². The SMILES string of the molecule is C=CCCCCCCC(Br)CBr. The van der Waals surface area contributed by atoms with Gasteiger partial charge in [-0.1, -0.05) is 57.2 Å². The zero-order valence-electron chi connectivity index (χ0n) is 7.57. The van der Waals surface area contributed by atoms with Crippen LogP contribution in [0.4, 0.5) is 0 Å². The molecule has 0 spiro atoms. The molecule has 0 fully saturated rings. The average molecular weight is 298 g/mol. The maximum absolute atomic E-state index is 3.71. The fraction of sp³-hybridized carbons (Fsp3) is 0.800. The lowest BCUT2D eigenvalue weighted by molar-refractivity contribution is 0.621. The maximum Gasteiger partial charge on any atom is 0.0242 e. The molecule has 2 heteroatoms. The Morgan fingerprint density at radius 3 is 2.42 bits per heavy atom. The number of rotatable bonds is 8. The van der Waals surface area contributed by atoms with E-state index in [4.69, 9.17) is 0 Å². The highest BCUT2D eigenvalue weighted by Gasteiger charge is 1.99. The standard InChI is InChI=1S/C10H18Br2/c1-2-3-4-5-6-7-8-10(12)9-11/h2,10H,1,3-9H2. The van der Waals surface area contributed by atoms with Gasteiger partial charge < -0.3 is 0 Å². The maximum atomic E-state index is 3.71. The highest BCUT2D eigenvalue weighted by molar-refractivity contribution is 9.12. The van der Waals surface area contributed by atoms with Gasteiger partial charge in [0, 0.05) is 10.2 Å². The van der Waals surface area contributed by atoms with Gasteiger partial charge in [0.15, 0.2) is 0 Å². The molecule has 0 rings (SSSR count). The summed E-state index contributed by atoms with van der Waals surface area (Å²) in [7, 11) is 0. The minimum Gasteiger partial charge on any atom is -0.103 e. The number of hydrogen-bond acceptors (Lipinski definition) is 0. The Morgan fingerprint density at radius 1 is 1.17 bits per heavy atom. The van der Waals surface area contributed by atoms with Crippen molar-refractivity contribution in [2.75, 3.05) is 5.33 Å². The van der Waals surface area contributed by atoms with Crippen molar-refractivity contribution in [2.45, 2.75) is 43.4 Å². The lowest BCUT2D eigenvalue weighted by Gasteiger charge is -2.04. The molecule has 12 heavy (non-hydrogen) atoms. The van der Waals surface area contributed by atoms with Gasteiger partial charge in [-0.05, 0) is 19.3 Å². The molecular formula is C10H18Br2. The predicted molar refractivity (Wildman–Crippen MR) is 64.4 cm³/mol. The molecule has 0 radical (unpaired) electrons. The monoisotopic (exact) mass is 296 g/mol. The van der Waals surface area contributed by atoms with E-state index < -0.39 is 0 Å². The Hall–Kier alpha value is 0.700. The number of allylic oxidation sites excluding steroid dienone is 1. The molecule has 0 bridgehead atoms. The van der Waals surface area contributed by atoms with Gasteiger partial charge in [0.2, 0.25) is 0 Å². The molecule has 0 aromatic heterocycles. The molecule has 0 nitrogen and oxygen atoms in total. The number of hydrogen-bond donors (Lipinski definition) is 0. The van der Waals surface area contributed by atoms with Crippen molar-refractivity contribution >= 4 is 31.9 Å². The van der Waals surface area contributed by atoms with Crippen LogP contribution in [0.25, 0.3) is 0 Å². The van der Waals surface area contributed by atoms with E-state index >= 15 is 0 Å². The van der Waals surface area contributed by atoms with E-state index in [0.29, 0.717) is 4.83 Å². The first-order valence-corrected chi connectivity index (χ1v) is 6.66. The first-order chi connectivity index (χ1) is 5.81. The van der Waals surface area contributed by atoms with Crippen molar-refractivity contribution in [1.82, 2.24) is 0 Å². The third-order valence-electron chi connectivity index (χ3n) is 1.84. The number of halogens is 2. The zero-order chi connectivity index (χ0) is 9.23. The highest BCUT2D eigenvalue weighted by atomic mass is 79.9. The van der Waals surface area contributed by atoms with E-state index in [1.165, 1.54) is 38.5 Å². The van der Waals surface area contributed by atoms with Crippen molar-refractivity contribution in [3.8, 4) is 0 Å². The summed E-state index contributed by atoms with van der Waals surface area (Å²) in [5.74, 6) is 0. The van der Waals surface area contributed by atoms with E-state index in [1.807, 2.05) is 6.08 Å². The molecule has 72 valence electrons. The summed E-state index contributed by atoms with van der Waals surface area (Å²) in [6.45, 7) is 3.71. The summed E-state index contributed by atoms with van der Waals surface area (Å²) in [6.07, 6.45) is 9.85. The molecule has 0 aliphatic rings. The van der Waals surface area contributed by atoms with Crippen LogP contribution in [0.15, 0.2) is 12.7 Å². The Bertz CT molecular complexity index is 102. The van der Waals surface area contributed by atoms with Crippen molar-refractivity contribution in [3.63, 3.8) is 0 Å². The van der Waals surface area contributed by atoms with Crippen molar-refractivity contribution < 1.29 is 0 Å². The van der Waals surface area contributed by atoms with Crippen LogP contribution in [0, 0.1) is 0 Å². The first-order valence-electron chi connectivity index (χ1n) is 4.62. The van der Waals surface area contributed by atoms with Gasteiger partial charge in [0.25, 0.3) is 0 Å². The third-order valence-corrected chi connectivity index (χ3v) is 4.28.